The van der Waals surface area contributed by atoms with Crippen molar-refractivity contribution in [1.82, 2.24) is 24.8 Å². The van der Waals surface area contributed by atoms with Crippen molar-refractivity contribution in [2.24, 2.45) is 5.92 Å². The zero-order valence-electron chi connectivity index (χ0n) is 20.0. The molecular formula is C27H33N7S. The molecule has 0 spiro atoms. The van der Waals surface area contributed by atoms with E-state index < -0.39 is 0 Å². The SMILES string of the molecule is c1csc(-c2ccc(CNc3nc(NCC4CCNCC4)nc4c3ncn4C3CCCC3)cc2)c1. The molecule has 35 heavy (non-hydrogen) atoms. The third-order valence-electron chi connectivity index (χ3n) is 7.37. The molecule has 3 N–H and O–H groups in total. The zero-order chi connectivity index (χ0) is 23.5. The maximum atomic E-state index is 4.94. The Morgan fingerprint density at radius 1 is 0.971 bits per heavy atom. The van der Waals surface area contributed by atoms with Crippen molar-refractivity contribution in [3.8, 4) is 10.4 Å². The van der Waals surface area contributed by atoms with Gasteiger partial charge in [-0.1, -0.05) is 43.2 Å². The molecule has 7 nitrogen and oxygen atoms in total. The normalized spacial score (nSPS) is 17.3. The van der Waals surface area contributed by atoms with Crippen molar-refractivity contribution in [2.75, 3.05) is 30.3 Å². The molecule has 4 aromatic rings. The van der Waals surface area contributed by atoms with E-state index in [0.29, 0.717) is 24.5 Å². The molecule has 1 saturated carbocycles. The van der Waals surface area contributed by atoms with Gasteiger partial charge in [-0.2, -0.15) is 9.97 Å². The number of benzene rings is 1. The largest absolute Gasteiger partial charge is 0.364 e. The second-order valence-electron chi connectivity index (χ2n) is 9.76. The van der Waals surface area contributed by atoms with Crippen molar-refractivity contribution in [2.45, 2.75) is 51.1 Å². The van der Waals surface area contributed by atoms with Gasteiger partial charge in [0.25, 0.3) is 0 Å². The summed E-state index contributed by atoms with van der Waals surface area (Å²) in [6, 6.07) is 13.5. The third-order valence-corrected chi connectivity index (χ3v) is 8.29. The molecule has 182 valence electrons. The predicted octanol–water partition coefficient (Wildman–Crippen LogP) is 5.69. The number of thiophene rings is 1. The van der Waals surface area contributed by atoms with E-state index in [1.165, 1.54) is 54.5 Å². The van der Waals surface area contributed by atoms with Crippen molar-refractivity contribution >= 4 is 34.3 Å². The van der Waals surface area contributed by atoms with E-state index in [1.54, 1.807) is 11.3 Å². The molecular weight excluding hydrogens is 454 g/mol. The Morgan fingerprint density at radius 3 is 2.57 bits per heavy atom. The van der Waals surface area contributed by atoms with Gasteiger partial charge in [-0.3, -0.25) is 0 Å². The highest BCUT2D eigenvalue weighted by Gasteiger charge is 2.22. The summed E-state index contributed by atoms with van der Waals surface area (Å²) in [4.78, 5) is 15.9. The Balaban J connectivity index is 1.23. The van der Waals surface area contributed by atoms with E-state index in [-0.39, 0.29) is 0 Å². The van der Waals surface area contributed by atoms with Gasteiger partial charge in [0.2, 0.25) is 5.95 Å². The molecule has 0 amide bonds. The van der Waals surface area contributed by atoms with E-state index in [0.717, 1.165) is 36.6 Å². The van der Waals surface area contributed by atoms with Crippen molar-refractivity contribution < 1.29 is 0 Å². The molecule has 0 bridgehead atoms. The fourth-order valence-electron chi connectivity index (χ4n) is 5.31. The number of nitrogens with one attached hydrogen (secondary N) is 3. The van der Waals surface area contributed by atoms with Crippen LogP contribution in [0.1, 0.15) is 50.1 Å². The molecule has 3 aromatic heterocycles. The predicted molar refractivity (Wildman–Crippen MR) is 144 cm³/mol. The van der Waals surface area contributed by atoms with Crippen LogP contribution in [0.5, 0.6) is 0 Å². The molecule has 1 aromatic carbocycles. The first-order valence-corrected chi connectivity index (χ1v) is 13.8. The number of rotatable bonds is 8. The first-order chi connectivity index (χ1) is 17.3. The minimum absolute atomic E-state index is 0.491. The van der Waals surface area contributed by atoms with Crippen LogP contribution in [-0.2, 0) is 6.54 Å². The smallest absolute Gasteiger partial charge is 0.226 e. The molecule has 4 heterocycles. The van der Waals surface area contributed by atoms with E-state index in [1.807, 2.05) is 6.33 Å². The molecule has 8 heteroatoms. The zero-order valence-corrected chi connectivity index (χ0v) is 20.9. The number of anilines is 2. The Morgan fingerprint density at radius 2 is 1.80 bits per heavy atom. The van der Waals surface area contributed by atoms with Crippen molar-refractivity contribution in [3.63, 3.8) is 0 Å². The maximum Gasteiger partial charge on any atom is 0.226 e. The van der Waals surface area contributed by atoms with Crippen LogP contribution in [-0.4, -0.2) is 39.2 Å². The van der Waals surface area contributed by atoms with Gasteiger partial charge in [0.05, 0.1) is 6.33 Å². The average molecular weight is 488 g/mol. The number of aromatic nitrogens is 4. The van der Waals surface area contributed by atoms with E-state index in [9.17, 15) is 0 Å². The topological polar surface area (TPSA) is 79.7 Å². The second-order valence-corrected chi connectivity index (χ2v) is 10.7. The highest BCUT2D eigenvalue weighted by Crippen LogP contribution is 2.33. The first-order valence-electron chi connectivity index (χ1n) is 12.9. The molecule has 0 radical (unpaired) electrons. The summed E-state index contributed by atoms with van der Waals surface area (Å²) in [5, 5.41) is 12.7. The fourth-order valence-corrected chi connectivity index (χ4v) is 6.04. The van der Waals surface area contributed by atoms with Gasteiger partial charge in [-0.15, -0.1) is 11.3 Å². The summed E-state index contributed by atoms with van der Waals surface area (Å²) in [6.45, 7) is 3.80. The van der Waals surface area contributed by atoms with Gasteiger partial charge in [0, 0.05) is 24.0 Å². The number of hydrogen-bond donors (Lipinski definition) is 3. The van der Waals surface area contributed by atoms with Crippen LogP contribution in [0.15, 0.2) is 48.1 Å². The van der Waals surface area contributed by atoms with Gasteiger partial charge in [0.1, 0.15) is 0 Å². The molecule has 1 aliphatic heterocycles. The summed E-state index contributed by atoms with van der Waals surface area (Å²) in [5.41, 5.74) is 4.28. The lowest BCUT2D eigenvalue weighted by atomic mass is 9.98. The summed E-state index contributed by atoms with van der Waals surface area (Å²) in [5.74, 6) is 2.17. The molecule has 2 fully saturated rings. The second kappa shape index (κ2) is 10.3. The molecule has 0 atom stereocenters. The van der Waals surface area contributed by atoms with Crippen molar-refractivity contribution in [3.05, 3.63) is 53.7 Å². The Kier molecular flexibility index (Phi) is 6.64. The summed E-state index contributed by atoms with van der Waals surface area (Å²) < 4.78 is 2.28. The van der Waals surface area contributed by atoms with Crippen LogP contribution in [0.3, 0.4) is 0 Å². The van der Waals surface area contributed by atoms with E-state index in [2.05, 4.69) is 62.3 Å². The van der Waals surface area contributed by atoms with Crippen LogP contribution in [0, 0.1) is 5.92 Å². The van der Waals surface area contributed by atoms with Crippen LogP contribution >= 0.6 is 11.3 Å². The Hall–Kier alpha value is -2.97. The molecule has 1 aliphatic carbocycles. The summed E-state index contributed by atoms with van der Waals surface area (Å²) >= 11 is 1.77. The summed E-state index contributed by atoms with van der Waals surface area (Å²) in [7, 11) is 0. The van der Waals surface area contributed by atoms with Gasteiger partial charge in [-0.05, 0) is 67.3 Å². The molecule has 2 aliphatic rings. The third kappa shape index (κ3) is 5.04. The van der Waals surface area contributed by atoms with Crippen molar-refractivity contribution in [1.29, 1.82) is 0 Å². The average Bonchev–Trinajstić information content (AvgIpc) is 3.69. The van der Waals surface area contributed by atoms with Gasteiger partial charge in [0.15, 0.2) is 17.0 Å². The van der Waals surface area contributed by atoms with Crippen LogP contribution in [0.2, 0.25) is 0 Å². The fraction of sp³-hybridized carbons (Fsp3) is 0.444. The highest BCUT2D eigenvalue weighted by molar-refractivity contribution is 7.13. The number of fused-ring (bicyclic) bond motifs is 1. The monoisotopic (exact) mass is 487 g/mol. The summed E-state index contributed by atoms with van der Waals surface area (Å²) in [6.07, 6.45) is 9.32. The number of nitrogens with zero attached hydrogens (tertiary/aromatic N) is 4. The van der Waals surface area contributed by atoms with E-state index >= 15 is 0 Å². The lowest BCUT2D eigenvalue weighted by Crippen LogP contribution is -2.31. The maximum absolute atomic E-state index is 4.94. The number of piperidine rings is 1. The van der Waals surface area contributed by atoms with Gasteiger partial charge < -0.3 is 20.5 Å². The quantitative estimate of drug-likeness (QED) is 0.296. The number of hydrogen-bond acceptors (Lipinski definition) is 7. The Labute approximate surface area is 210 Å². The standard InChI is InChI=1S/C27H33N7S/c1-2-5-22(4-1)34-18-31-24-25(29-16-19-7-9-21(10-8-19)23-6-3-15-35-23)32-27(33-26(24)34)30-17-20-11-13-28-14-12-20/h3,6-10,15,18,20,22,28H,1-2,4-5,11-14,16-17H2,(H2,29,30,32,33). The highest BCUT2D eigenvalue weighted by atomic mass is 32.1. The minimum atomic E-state index is 0.491. The molecule has 1 saturated heterocycles. The number of imidazole rings is 1. The lowest BCUT2D eigenvalue weighted by Gasteiger charge is -2.23. The molecule has 0 unspecified atom stereocenters. The Bertz CT molecular complexity index is 1240. The van der Waals surface area contributed by atoms with Gasteiger partial charge in [-0.25, -0.2) is 4.98 Å². The molecule has 6 rings (SSSR count). The van der Waals surface area contributed by atoms with Crippen LogP contribution in [0.25, 0.3) is 21.6 Å². The van der Waals surface area contributed by atoms with E-state index in [4.69, 9.17) is 15.0 Å². The lowest BCUT2D eigenvalue weighted by molar-refractivity contribution is 0.389. The van der Waals surface area contributed by atoms with Crippen LogP contribution < -0.4 is 16.0 Å². The first kappa shape index (κ1) is 22.5. The van der Waals surface area contributed by atoms with Crippen LogP contribution in [0.4, 0.5) is 11.8 Å². The minimum Gasteiger partial charge on any atom is -0.364 e. The van der Waals surface area contributed by atoms with Gasteiger partial charge >= 0.3 is 0 Å².